The van der Waals surface area contributed by atoms with Crippen LogP contribution in [0.3, 0.4) is 0 Å². The first-order valence-electron chi connectivity index (χ1n) is 19.2. The van der Waals surface area contributed by atoms with Crippen LogP contribution >= 0.6 is 0 Å². The summed E-state index contributed by atoms with van der Waals surface area (Å²) in [6.45, 7) is 14.2. The zero-order valence-corrected chi connectivity index (χ0v) is 32.0. The lowest BCUT2D eigenvalue weighted by Gasteiger charge is -2.48. The van der Waals surface area contributed by atoms with Crippen LogP contribution in [0.2, 0.25) is 0 Å². The molecule has 6 unspecified atom stereocenters. The van der Waals surface area contributed by atoms with Crippen molar-refractivity contribution in [2.24, 2.45) is 23.7 Å². The third kappa shape index (κ3) is 7.68. The van der Waals surface area contributed by atoms with Crippen molar-refractivity contribution in [1.82, 2.24) is 0 Å². The molecule has 1 spiro atoms. The predicted octanol–water partition coefficient (Wildman–Crippen LogP) is 4.84. The van der Waals surface area contributed by atoms with Crippen molar-refractivity contribution in [3.05, 3.63) is 59.3 Å². The Bertz CT molecular complexity index is 1450. The number of fused-ring (bicyclic) bond motifs is 2. The van der Waals surface area contributed by atoms with E-state index in [4.69, 9.17) is 33.2 Å². The van der Waals surface area contributed by atoms with Crippen LogP contribution in [-0.4, -0.2) is 108 Å². The zero-order chi connectivity index (χ0) is 37.5. The van der Waals surface area contributed by atoms with Crippen LogP contribution in [-0.2, 0) is 38.0 Å². The summed E-state index contributed by atoms with van der Waals surface area (Å²) in [5.41, 5.74) is 0.184. The van der Waals surface area contributed by atoms with E-state index in [-0.39, 0.29) is 36.6 Å². The molecule has 5 aliphatic heterocycles. The number of hydrogen-bond donors (Lipinski definition) is 3. The summed E-state index contributed by atoms with van der Waals surface area (Å²) in [6, 6.07) is 0. The molecule has 3 N–H and O–H groups in total. The normalized spacial score (nSPS) is 46.2. The summed E-state index contributed by atoms with van der Waals surface area (Å²) in [7, 11) is 1.58. The van der Waals surface area contributed by atoms with Crippen LogP contribution in [0.5, 0.6) is 0 Å². The largest absolute Gasteiger partial charge is 0.462 e. The van der Waals surface area contributed by atoms with Crippen molar-refractivity contribution in [2.75, 3.05) is 13.7 Å². The van der Waals surface area contributed by atoms with Gasteiger partial charge >= 0.3 is 5.97 Å². The Morgan fingerprint density at radius 3 is 2.54 bits per heavy atom. The summed E-state index contributed by atoms with van der Waals surface area (Å²) >= 11 is 0. The lowest BCUT2D eigenvalue weighted by Crippen LogP contribution is -2.58. The average molecular weight is 729 g/mol. The van der Waals surface area contributed by atoms with Gasteiger partial charge in [-0.3, -0.25) is 4.79 Å². The van der Waals surface area contributed by atoms with Gasteiger partial charge in [0.1, 0.15) is 35.9 Å². The molecule has 0 radical (unpaired) electrons. The molecule has 1 aliphatic carbocycles. The highest BCUT2D eigenvalue weighted by molar-refractivity contribution is 5.78. The van der Waals surface area contributed by atoms with Gasteiger partial charge in [-0.2, -0.15) is 0 Å². The van der Waals surface area contributed by atoms with Gasteiger partial charge in [-0.15, -0.1) is 0 Å². The number of hydrogen-bond acceptors (Lipinski definition) is 11. The third-order valence-electron chi connectivity index (χ3n) is 12.3. The van der Waals surface area contributed by atoms with Gasteiger partial charge in [-0.05, 0) is 55.9 Å². The second-order valence-corrected chi connectivity index (χ2v) is 16.1. The molecule has 11 nitrogen and oxygen atoms in total. The monoisotopic (exact) mass is 728 g/mol. The van der Waals surface area contributed by atoms with Crippen LogP contribution in [0.25, 0.3) is 0 Å². The minimum atomic E-state index is -1.81. The molecule has 0 aromatic heterocycles. The molecule has 6 aliphatic rings. The number of aliphatic hydroxyl groups excluding tert-OH is 2. The zero-order valence-electron chi connectivity index (χ0n) is 32.0. The smallest absolute Gasteiger partial charge is 0.316 e. The van der Waals surface area contributed by atoms with E-state index < -0.39 is 72.3 Å². The maximum absolute atomic E-state index is 14.2. The Morgan fingerprint density at radius 2 is 1.81 bits per heavy atom. The Morgan fingerprint density at radius 1 is 1.04 bits per heavy atom. The molecule has 11 heteroatoms. The second-order valence-electron chi connectivity index (χ2n) is 16.1. The molecule has 16 atom stereocenters. The van der Waals surface area contributed by atoms with Gasteiger partial charge in [0.05, 0.1) is 37.1 Å². The van der Waals surface area contributed by atoms with E-state index in [9.17, 15) is 20.1 Å². The molecule has 3 fully saturated rings. The van der Waals surface area contributed by atoms with Gasteiger partial charge in [0, 0.05) is 38.2 Å². The highest BCUT2D eigenvalue weighted by atomic mass is 16.7. The molecule has 3 saturated heterocycles. The summed E-state index contributed by atoms with van der Waals surface area (Å²) < 4.78 is 44.4. The lowest BCUT2D eigenvalue weighted by molar-refractivity contribution is -0.300. The Hall–Kier alpha value is -2.19. The molecule has 2 bridgehead atoms. The molecule has 290 valence electrons. The Kier molecular flexibility index (Phi) is 12.1. The molecule has 0 aromatic carbocycles. The molecule has 0 saturated carbocycles. The van der Waals surface area contributed by atoms with E-state index in [2.05, 4.69) is 32.9 Å². The van der Waals surface area contributed by atoms with Crippen LogP contribution in [0.15, 0.2) is 59.3 Å². The van der Waals surface area contributed by atoms with E-state index in [1.807, 2.05) is 39.0 Å². The van der Waals surface area contributed by atoms with Crippen LogP contribution in [0, 0.1) is 23.7 Å². The van der Waals surface area contributed by atoms with Crippen molar-refractivity contribution in [3.8, 4) is 0 Å². The average Bonchev–Trinajstić information content (AvgIpc) is 3.45. The number of carbonyl (C=O) groups is 1. The fourth-order valence-corrected chi connectivity index (χ4v) is 8.87. The third-order valence-corrected chi connectivity index (χ3v) is 12.3. The van der Waals surface area contributed by atoms with Gasteiger partial charge in [0.2, 0.25) is 0 Å². The lowest BCUT2D eigenvalue weighted by atomic mass is 9.71. The quantitative estimate of drug-likeness (QED) is 0.265. The van der Waals surface area contributed by atoms with E-state index in [0.717, 1.165) is 12.0 Å². The number of allylic oxidation sites excluding steroid dienone is 2. The summed E-state index contributed by atoms with van der Waals surface area (Å²) in [6.07, 6.45) is 10.2. The number of methoxy groups -OCH3 is 1. The van der Waals surface area contributed by atoms with Crippen LogP contribution in [0.4, 0.5) is 0 Å². The highest BCUT2D eigenvalue weighted by Gasteiger charge is 2.60. The van der Waals surface area contributed by atoms with E-state index >= 15 is 0 Å². The minimum absolute atomic E-state index is 0.0471. The standard InChI is InChI=1S/C41H60O11/c1-9-22(2)37-25(5)15-16-40(52-37)20-30-18-29(51-40)14-13-24(4)36(50-33-19-32(46-8)35(43)27(7)48-33)23(3)11-10-12-28-21-47-38-34(42)26(6)17-31(39(44)49-30)41(28,38)45/h10-13,15-17,22-23,25,27,29-38,42-43,45H,9,14,18-21H2,1-8H3/t22-,23-,25-,27?,29+,30-,31?,32?,33?,34+,35?,36-,37+,38+,40?,41+/m0/s1. The Labute approximate surface area is 308 Å². The SMILES string of the molecule is CC[C@H](C)[C@H]1OC2(C=C[C@@H]1C)C[C@@H]1C[C@@H](CC=C(C)[C@@H](OC3CC(OC)C(O)C(C)O3)[C@@H](C)C=CC=C3CO[C@@H]4[C@H](O)C(C)=CC(C(=O)O1)[C@]34O)O2. The molecule has 0 aromatic rings. The van der Waals surface area contributed by atoms with Crippen molar-refractivity contribution < 1.29 is 53.3 Å². The minimum Gasteiger partial charge on any atom is -0.462 e. The fraction of sp³-hybridized carbons (Fsp3) is 0.732. The van der Waals surface area contributed by atoms with Gasteiger partial charge in [-0.1, -0.05) is 70.6 Å². The van der Waals surface area contributed by atoms with Gasteiger partial charge < -0.3 is 48.5 Å². The van der Waals surface area contributed by atoms with Crippen molar-refractivity contribution >= 4 is 5.97 Å². The predicted molar refractivity (Wildman–Crippen MR) is 193 cm³/mol. The first-order valence-corrected chi connectivity index (χ1v) is 19.2. The Balaban J connectivity index is 1.38. The number of ether oxygens (including phenoxy) is 7. The number of aliphatic hydroxyl groups is 3. The van der Waals surface area contributed by atoms with Crippen LogP contribution in [0.1, 0.15) is 80.6 Å². The van der Waals surface area contributed by atoms with E-state index in [0.29, 0.717) is 36.8 Å². The van der Waals surface area contributed by atoms with Crippen molar-refractivity contribution in [1.29, 1.82) is 0 Å². The molecule has 6 rings (SSSR count). The maximum Gasteiger partial charge on any atom is 0.316 e. The van der Waals surface area contributed by atoms with E-state index in [1.54, 1.807) is 26.2 Å². The molecular weight excluding hydrogens is 668 g/mol. The summed E-state index contributed by atoms with van der Waals surface area (Å²) in [4.78, 5) is 14.2. The number of esters is 1. The number of rotatable bonds is 5. The molecule has 0 amide bonds. The van der Waals surface area contributed by atoms with Gasteiger partial charge in [-0.25, -0.2) is 0 Å². The first-order chi connectivity index (χ1) is 24.7. The first kappa shape index (κ1) is 39.5. The van der Waals surface area contributed by atoms with Crippen molar-refractivity contribution in [2.45, 2.75) is 153 Å². The molecule has 52 heavy (non-hydrogen) atoms. The van der Waals surface area contributed by atoms with Crippen LogP contribution < -0.4 is 0 Å². The van der Waals surface area contributed by atoms with Gasteiger partial charge in [0.25, 0.3) is 0 Å². The van der Waals surface area contributed by atoms with Gasteiger partial charge in [0.15, 0.2) is 12.1 Å². The fourth-order valence-electron chi connectivity index (χ4n) is 8.87. The van der Waals surface area contributed by atoms with Crippen molar-refractivity contribution in [3.63, 3.8) is 0 Å². The summed E-state index contributed by atoms with van der Waals surface area (Å²) in [5, 5.41) is 34.1. The second kappa shape index (κ2) is 15.9. The maximum atomic E-state index is 14.2. The highest BCUT2D eigenvalue weighted by Crippen LogP contribution is 2.47. The van der Waals surface area contributed by atoms with E-state index in [1.165, 1.54) is 0 Å². The summed E-state index contributed by atoms with van der Waals surface area (Å²) in [5.74, 6) is -2.44. The topological polar surface area (TPSA) is 142 Å². The molecule has 5 heterocycles. The number of carbonyl (C=O) groups excluding carboxylic acids is 1. The molecular formula is C41H60O11.